The van der Waals surface area contributed by atoms with E-state index in [1.165, 1.54) is 29.2 Å². The second-order valence-electron chi connectivity index (χ2n) is 9.24. The highest BCUT2D eigenvalue weighted by molar-refractivity contribution is 6.31. The first-order valence-electron chi connectivity index (χ1n) is 13.1. The molecule has 0 aromatic heterocycles. The van der Waals surface area contributed by atoms with Gasteiger partial charge in [0.2, 0.25) is 11.8 Å². The van der Waals surface area contributed by atoms with Gasteiger partial charge in [0.1, 0.15) is 18.4 Å². The number of hydrogen-bond acceptors (Lipinski definition) is 10. The van der Waals surface area contributed by atoms with E-state index in [4.69, 9.17) is 30.5 Å². The van der Waals surface area contributed by atoms with Gasteiger partial charge in [0.25, 0.3) is 11.6 Å². The third kappa shape index (κ3) is 8.36. The van der Waals surface area contributed by atoms with Crippen LogP contribution in [0, 0.1) is 10.1 Å². The van der Waals surface area contributed by atoms with Crippen molar-refractivity contribution in [3.63, 3.8) is 0 Å². The van der Waals surface area contributed by atoms with E-state index in [2.05, 4.69) is 10.6 Å². The third-order valence-corrected chi connectivity index (χ3v) is 6.69. The molecule has 3 amide bonds. The van der Waals surface area contributed by atoms with Crippen molar-refractivity contribution in [1.82, 2.24) is 10.2 Å². The molecule has 1 unspecified atom stereocenters. The molecule has 2 aliphatic rings. The lowest BCUT2D eigenvalue weighted by atomic mass is 10.0. The molecule has 0 radical (unpaired) electrons. The molecule has 0 saturated carbocycles. The number of nitro groups is 1. The first kappa shape index (κ1) is 30.2. The van der Waals surface area contributed by atoms with Crippen LogP contribution in [0.15, 0.2) is 36.4 Å². The topological polar surface area (TPSA) is 159 Å². The molecule has 0 aliphatic carbocycles. The molecule has 2 aliphatic heterocycles. The van der Waals surface area contributed by atoms with Crippen LogP contribution in [0.4, 0.5) is 11.4 Å². The molecule has 1 saturated heterocycles. The SMILES string of the molecule is O=C1CCC(N2Cc3c(NCCOCCOCCOCCOc4ccc([N+](=O)[O-])cc4)cc(Cl)cc3C2=O)C(=O)N1. The van der Waals surface area contributed by atoms with Crippen LogP contribution in [-0.2, 0) is 30.3 Å². The van der Waals surface area contributed by atoms with E-state index in [9.17, 15) is 24.5 Å². The minimum absolute atomic E-state index is 0.00745. The summed E-state index contributed by atoms with van der Waals surface area (Å²) in [6.07, 6.45) is 0.485. The molecule has 0 spiro atoms. The summed E-state index contributed by atoms with van der Waals surface area (Å²) in [5.41, 5.74) is 1.91. The number of rotatable bonds is 16. The van der Waals surface area contributed by atoms with Gasteiger partial charge in [-0.2, -0.15) is 0 Å². The molecule has 41 heavy (non-hydrogen) atoms. The number of nitrogens with one attached hydrogen (secondary N) is 2. The predicted molar refractivity (Wildman–Crippen MR) is 147 cm³/mol. The van der Waals surface area contributed by atoms with E-state index in [0.29, 0.717) is 81.2 Å². The first-order valence-corrected chi connectivity index (χ1v) is 13.5. The van der Waals surface area contributed by atoms with Crippen LogP contribution in [0.2, 0.25) is 5.02 Å². The number of non-ortho nitro benzene ring substituents is 1. The molecule has 13 nitrogen and oxygen atoms in total. The van der Waals surface area contributed by atoms with Crippen molar-refractivity contribution in [1.29, 1.82) is 0 Å². The Labute approximate surface area is 241 Å². The van der Waals surface area contributed by atoms with Crippen molar-refractivity contribution in [2.45, 2.75) is 25.4 Å². The van der Waals surface area contributed by atoms with Gasteiger partial charge >= 0.3 is 0 Å². The zero-order valence-electron chi connectivity index (χ0n) is 22.3. The van der Waals surface area contributed by atoms with E-state index in [1.54, 1.807) is 12.1 Å². The lowest BCUT2D eigenvalue weighted by molar-refractivity contribution is -0.384. The Bertz CT molecular complexity index is 1260. The number of carbonyl (C=O) groups is 3. The number of nitrogens with zero attached hydrogens (tertiary/aromatic N) is 2. The molecule has 1 atom stereocenters. The molecule has 4 rings (SSSR count). The van der Waals surface area contributed by atoms with Crippen LogP contribution in [0.25, 0.3) is 0 Å². The highest BCUT2D eigenvalue weighted by atomic mass is 35.5. The van der Waals surface area contributed by atoms with Gasteiger partial charge in [-0.3, -0.25) is 29.8 Å². The van der Waals surface area contributed by atoms with Crippen LogP contribution in [0.3, 0.4) is 0 Å². The summed E-state index contributed by atoms with van der Waals surface area (Å²) in [5, 5.41) is 16.6. The number of nitro benzene ring substituents is 1. The summed E-state index contributed by atoms with van der Waals surface area (Å²) in [5.74, 6) is -0.540. The minimum atomic E-state index is -0.691. The van der Waals surface area contributed by atoms with Crippen molar-refractivity contribution in [3.05, 3.63) is 62.7 Å². The number of fused-ring (bicyclic) bond motifs is 1. The smallest absolute Gasteiger partial charge is 0.269 e. The zero-order valence-corrected chi connectivity index (χ0v) is 23.0. The standard InChI is InChI=1S/C27H31ClN4O9/c28-18-15-21-22(17-31(27(21)35)24-5-6-25(33)30-26(24)34)23(16-18)29-7-8-38-9-10-39-11-12-40-13-14-41-20-3-1-19(2-4-20)32(36)37/h1-4,15-16,24,29H,5-14,17H2,(H,30,33,34). The summed E-state index contributed by atoms with van der Waals surface area (Å²) >= 11 is 6.25. The lowest BCUT2D eigenvalue weighted by Crippen LogP contribution is -2.52. The quantitative estimate of drug-likeness (QED) is 0.129. The van der Waals surface area contributed by atoms with Crippen molar-refractivity contribution >= 4 is 40.7 Å². The zero-order chi connectivity index (χ0) is 29.2. The van der Waals surface area contributed by atoms with Crippen LogP contribution in [-0.4, -0.2) is 86.4 Å². The van der Waals surface area contributed by atoms with E-state index in [1.807, 2.05) is 0 Å². The predicted octanol–water partition coefficient (Wildman–Crippen LogP) is 2.55. The fourth-order valence-electron chi connectivity index (χ4n) is 4.47. The Morgan fingerprint density at radius 2 is 1.63 bits per heavy atom. The molecule has 0 bridgehead atoms. The number of piperidine rings is 1. The molecular weight excluding hydrogens is 560 g/mol. The number of benzene rings is 2. The van der Waals surface area contributed by atoms with Crippen molar-refractivity contribution in [3.8, 4) is 5.75 Å². The Morgan fingerprint density at radius 3 is 2.29 bits per heavy atom. The van der Waals surface area contributed by atoms with Gasteiger partial charge in [-0.05, 0) is 30.7 Å². The highest BCUT2D eigenvalue weighted by Gasteiger charge is 2.40. The minimum Gasteiger partial charge on any atom is -0.491 e. The van der Waals surface area contributed by atoms with Crippen molar-refractivity contribution < 1.29 is 38.3 Å². The van der Waals surface area contributed by atoms with Crippen LogP contribution < -0.4 is 15.4 Å². The Kier molecular flexibility index (Phi) is 10.8. The molecule has 1 fully saturated rings. The van der Waals surface area contributed by atoms with Crippen LogP contribution >= 0.6 is 11.6 Å². The average molecular weight is 591 g/mol. The van der Waals surface area contributed by atoms with Crippen LogP contribution in [0.1, 0.15) is 28.8 Å². The van der Waals surface area contributed by atoms with Gasteiger partial charge in [-0.25, -0.2) is 0 Å². The highest BCUT2D eigenvalue weighted by Crippen LogP contribution is 2.34. The summed E-state index contributed by atoms with van der Waals surface area (Å²) in [4.78, 5) is 48.4. The third-order valence-electron chi connectivity index (χ3n) is 6.47. The number of hydrogen-bond donors (Lipinski definition) is 2. The van der Waals surface area contributed by atoms with Gasteiger partial charge in [0, 0.05) is 53.5 Å². The monoisotopic (exact) mass is 590 g/mol. The number of ether oxygens (including phenoxy) is 4. The Balaban J connectivity index is 1.06. The molecule has 14 heteroatoms. The van der Waals surface area contributed by atoms with E-state index >= 15 is 0 Å². The van der Waals surface area contributed by atoms with Crippen LogP contribution in [0.5, 0.6) is 5.75 Å². The van der Waals surface area contributed by atoms with E-state index < -0.39 is 16.9 Å². The number of halogens is 1. The lowest BCUT2D eigenvalue weighted by Gasteiger charge is -2.29. The maximum absolute atomic E-state index is 13.0. The molecule has 220 valence electrons. The Hall–Kier alpha value is -3.78. The molecule has 2 heterocycles. The second-order valence-corrected chi connectivity index (χ2v) is 9.68. The molecule has 2 N–H and O–H groups in total. The van der Waals surface area contributed by atoms with Gasteiger partial charge in [-0.1, -0.05) is 11.6 Å². The number of amides is 3. The average Bonchev–Trinajstić information content (AvgIpc) is 3.27. The first-order chi connectivity index (χ1) is 19.8. The number of imide groups is 1. The van der Waals surface area contributed by atoms with Gasteiger partial charge in [0.15, 0.2) is 0 Å². The van der Waals surface area contributed by atoms with Gasteiger partial charge < -0.3 is 29.2 Å². The fraction of sp³-hybridized carbons (Fsp3) is 0.444. The summed E-state index contributed by atoms with van der Waals surface area (Å²) in [6, 6.07) is 8.48. The van der Waals surface area contributed by atoms with Gasteiger partial charge in [0.05, 0.1) is 44.6 Å². The van der Waals surface area contributed by atoms with Crippen molar-refractivity contribution in [2.24, 2.45) is 0 Å². The fourth-order valence-corrected chi connectivity index (χ4v) is 4.68. The van der Waals surface area contributed by atoms with E-state index in [0.717, 1.165) is 5.56 Å². The molecule has 2 aromatic carbocycles. The van der Waals surface area contributed by atoms with E-state index in [-0.39, 0.29) is 30.5 Å². The maximum atomic E-state index is 13.0. The number of anilines is 1. The second kappa shape index (κ2) is 14.7. The Morgan fingerprint density at radius 1 is 0.976 bits per heavy atom. The number of carbonyl (C=O) groups excluding carboxylic acids is 3. The van der Waals surface area contributed by atoms with Gasteiger partial charge in [-0.15, -0.1) is 0 Å². The maximum Gasteiger partial charge on any atom is 0.269 e. The molecular formula is C27H31ClN4O9. The largest absolute Gasteiger partial charge is 0.491 e. The normalized spacial score (nSPS) is 16.5. The summed E-state index contributed by atoms with van der Waals surface area (Å²) in [6.45, 7) is 3.35. The van der Waals surface area contributed by atoms with Crippen molar-refractivity contribution in [2.75, 3.05) is 58.1 Å². The summed E-state index contributed by atoms with van der Waals surface area (Å²) < 4.78 is 22.0. The molecule has 2 aromatic rings. The summed E-state index contributed by atoms with van der Waals surface area (Å²) in [7, 11) is 0.